The molecule has 9 heteroatoms. The summed E-state index contributed by atoms with van der Waals surface area (Å²) >= 11 is 0. The molecule has 2 amide bonds. The summed E-state index contributed by atoms with van der Waals surface area (Å²) in [6, 6.07) is 0. The van der Waals surface area contributed by atoms with Crippen molar-refractivity contribution >= 4 is 11.8 Å². The lowest BCUT2D eigenvalue weighted by atomic mass is 9.41. The number of morpholine rings is 1. The lowest BCUT2D eigenvalue weighted by Crippen LogP contribution is -2.60. The molecule has 53 heavy (non-hydrogen) atoms. The van der Waals surface area contributed by atoms with E-state index in [0.29, 0.717) is 98.6 Å². The third kappa shape index (κ3) is 6.35. The Bertz CT molecular complexity index is 1360. The number of fused-ring (bicyclic) bond motifs is 2. The van der Waals surface area contributed by atoms with Gasteiger partial charge in [-0.05, 0) is 128 Å². The Kier molecular flexibility index (Phi) is 10.4. The van der Waals surface area contributed by atoms with Crippen LogP contribution in [0.3, 0.4) is 0 Å². The molecule has 2 heterocycles. The first kappa shape index (κ1) is 38.6. The van der Waals surface area contributed by atoms with E-state index in [9.17, 15) is 14.7 Å². The van der Waals surface area contributed by atoms with E-state index in [-0.39, 0.29) is 46.8 Å². The molecular formula is C44H72N2O7. The molecule has 0 aromatic carbocycles. The minimum atomic E-state index is -0.281. The fourth-order valence-corrected chi connectivity index (χ4v) is 14.7. The predicted molar refractivity (Wildman–Crippen MR) is 203 cm³/mol. The van der Waals surface area contributed by atoms with Crippen LogP contribution >= 0.6 is 0 Å². The number of rotatable bonds is 11. The lowest BCUT2D eigenvalue weighted by Gasteiger charge is -2.64. The zero-order valence-electron chi connectivity index (χ0n) is 34.0. The van der Waals surface area contributed by atoms with Crippen molar-refractivity contribution in [3.8, 4) is 0 Å². The van der Waals surface area contributed by atoms with E-state index in [4.69, 9.17) is 18.9 Å². The number of amides is 2. The summed E-state index contributed by atoms with van der Waals surface area (Å²) in [5, 5.41) is 12.2. The van der Waals surface area contributed by atoms with E-state index in [0.717, 1.165) is 38.6 Å². The number of aliphatic hydroxyl groups is 1. The van der Waals surface area contributed by atoms with Crippen LogP contribution in [0.1, 0.15) is 131 Å². The van der Waals surface area contributed by atoms with Gasteiger partial charge in [-0.1, -0.05) is 34.6 Å². The number of carbonyl (C=O) groups excluding carboxylic acids is 2. The molecule has 6 saturated carbocycles. The lowest BCUT2D eigenvalue weighted by molar-refractivity contribution is -0.232. The molecule has 0 aromatic heterocycles. The third-order valence-electron chi connectivity index (χ3n) is 18.0. The van der Waals surface area contributed by atoms with Gasteiger partial charge >= 0.3 is 0 Å². The van der Waals surface area contributed by atoms with Crippen molar-refractivity contribution in [1.29, 1.82) is 0 Å². The summed E-state index contributed by atoms with van der Waals surface area (Å²) in [4.78, 5) is 29.7. The first-order valence-corrected chi connectivity index (χ1v) is 21.9. The van der Waals surface area contributed by atoms with Crippen LogP contribution in [0.25, 0.3) is 0 Å². The summed E-state index contributed by atoms with van der Waals surface area (Å²) in [6.45, 7) is 17.0. The molecule has 2 aliphatic heterocycles. The van der Waals surface area contributed by atoms with E-state index < -0.39 is 0 Å². The van der Waals surface area contributed by atoms with Crippen molar-refractivity contribution < 1.29 is 33.6 Å². The number of hydrogen-bond acceptors (Lipinski definition) is 7. The fraction of sp³-hybridized carbons (Fsp3) is 0.955. The minimum absolute atomic E-state index is 0.0508. The van der Waals surface area contributed by atoms with E-state index in [1.807, 2.05) is 9.80 Å². The number of hydrogen-bond donors (Lipinski definition) is 1. The molecule has 2 saturated heterocycles. The average Bonchev–Trinajstić information content (AvgIpc) is 4.06. The van der Waals surface area contributed by atoms with E-state index >= 15 is 0 Å². The summed E-state index contributed by atoms with van der Waals surface area (Å²) in [5.74, 6) is 3.16. The van der Waals surface area contributed by atoms with Gasteiger partial charge in [-0.25, -0.2) is 0 Å². The summed E-state index contributed by atoms with van der Waals surface area (Å²) in [6.07, 6.45) is 15.2. The van der Waals surface area contributed by atoms with Crippen molar-refractivity contribution in [2.45, 2.75) is 156 Å². The van der Waals surface area contributed by atoms with Gasteiger partial charge in [0.25, 0.3) is 0 Å². The first-order chi connectivity index (χ1) is 25.3. The third-order valence-corrected chi connectivity index (χ3v) is 18.0. The predicted octanol–water partition coefficient (Wildman–Crippen LogP) is 6.84. The van der Waals surface area contributed by atoms with Crippen molar-refractivity contribution in [2.24, 2.45) is 56.7 Å². The quantitative estimate of drug-likeness (QED) is 0.248. The second-order valence-electron chi connectivity index (χ2n) is 20.4. The molecular weight excluding hydrogens is 668 g/mol. The molecule has 0 radical (unpaired) electrons. The number of aliphatic hydroxyl groups excluding tert-OH is 1. The van der Waals surface area contributed by atoms with Crippen molar-refractivity contribution in [1.82, 2.24) is 9.80 Å². The SMILES string of the molecule is COC(CCC(=O)N1CCOCC1)C[C@@H](C)[C@H]1C[C@H](O)[C@@]2(C)C3CC[C@H]4C(C)(C)C(OC5CCN(C(=O)CC6CC6)CCO5)CCC45CC35CCC12C. The molecule has 0 aromatic rings. The van der Waals surface area contributed by atoms with E-state index in [1.165, 1.54) is 51.4 Å². The normalized spacial score (nSPS) is 44.5. The second kappa shape index (κ2) is 14.3. The van der Waals surface area contributed by atoms with Crippen LogP contribution in [0.2, 0.25) is 0 Å². The number of ether oxygens (including phenoxy) is 4. The van der Waals surface area contributed by atoms with Crippen LogP contribution in [0.5, 0.6) is 0 Å². The van der Waals surface area contributed by atoms with Crippen molar-refractivity contribution in [3.05, 3.63) is 0 Å². The highest BCUT2D eigenvalue weighted by atomic mass is 16.7. The van der Waals surface area contributed by atoms with Crippen LogP contribution in [-0.4, -0.2) is 104 Å². The van der Waals surface area contributed by atoms with Crippen LogP contribution in [0.4, 0.5) is 0 Å². The van der Waals surface area contributed by atoms with Crippen molar-refractivity contribution in [2.75, 3.05) is 53.1 Å². The van der Waals surface area contributed by atoms with Crippen LogP contribution in [0, 0.1) is 56.7 Å². The monoisotopic (exact) mass is 741 g/mol. The van der Waals surface area contributed by atoms with Gasteiger partial charge in [-0.15, -0.1) is 0 Å². The van der Waals surface area contributed by atoms with Gasteiger partial charge in [0.2, 0.25) is 11.8 Å². The molecule has 0 bridgehead atoms. The Balaban J connectivity index is 0.909. The Morgan fingerprint density at radius 2 is 1.55 bits per heavy atom. The van der Waals surface area contributed by atoms with Gasteiger partial charge in [0.15, 0.2) is 6.29 Å². The van der Waals surface area contributed by atoms with Gasteiger partial charge in [-0.3, -0.25) is 9.59 Å². The average molecular weight is 741 g/mol. The molecule has 8 fully saturated rings. The number of carbonyl (C=O) groups is 2. The van der Waals surface area contributed by atoms with Crippen LogP contribution in [-0.2, 0) is 28.5 Å². The van der Waals surface area contributed by atoms with E-state index in [2.05, 4.69) is 34.6 Å². The maximum absolute atomic E-state index is 12.9. The smallest absolute Gasteiger partial charge is 0.222 e. The molecule has 8 aliphatic rings. The molecule has 8 rings (SSSR count). The standard InChI is InChI=1S/C44H72N2O7/c1-29(25-31(50-6)9-12-37(48)46-19-22-51-23-20-46)32-27-35(47)42(5)34-11-10-33-40(2,3)36(13-15-43(33)28-44(34,43)17-16-41(32,42)4)53-39-14-18-45(21-24-52-39)38(49)26-30-7-8-30/h29-36,39,47H,7-28H2,1-6H3/t29-,31?,32-,33+,34?,35+,36?,39?,41?,42-,43?,44?/m1/s1. The van der Waals surface area contributed by atoms with E-state index in [1.54, 1.807) is 7.11 Å². The largest absolute Gasteiger partial charge is 0.393 e. The first-order valence-electron chi connectivity index (χ1n) is 21.9. The van der Waals surface area contributed by atoms with Gasteiger partial charge in [-0.2, -0.15) is 0 Å². The molecule has 9 nitrogen and oxygen atoms in total. The maximum atomic E-state index is 12.9. The maximum Gasteiger partial charge on any atom is 0.222 e. The minimum Gasteiger partial charge on any atom is -0.393 e. The van der Waals surface area contributed by atoms with Gasteiger partial charge in [0.1, 0.15) is 0 Å². The zero-order chi connectivity index (χ0) is 37.4. The van der Waals surface area contributed by atoms with Crippen LogP contribution < -0.4 is 0 Å². The summed E-state index contributed by atoms with van der Waals surface area (Å²) in [7, 11) is 1.80. The Hall–Kier alpha value is -1.26. The molecule has 12 atom stereocenters. The molecule has 6 aliphatic carbocycles. The van der Waals surface area contributed by atoms with Gasteiger partial charge < -0.3 is 33.9 Å². The highest BCUT2D eigenvalue weighted by molar-refractivity contribution is 5.77. The highest BCUT2D eigenvalue weighted by Gasteiger charge is 2.83. The topological polar surface area (TPSA) is 97.8 Å². The Morgan fingerprint density at radius 1 is 0.849 bits per heavy atom. The second-order valence-corrected chi connectivity index (χ2v) is 20.4. The summed E-state index contributed by atoms with van der Waals surface area (Å²) in [5.41, 5.74) is 0.733. The van der Waals surface area contributed by atoms with Crippen molar-refractivity contribution in [3.63, 3.8) is 0 Å². The molecule has 1 N–H and O–H groups in total. The number of nitrogens with zero attached hydrogens (tertiary/aromatic N) is 2. The summed E-state index contributed by atoms with van der Waals surface area (Å²) < 4.78 is 24.7. The zero-order valence-corrected chi connectivity index (χ0v) is 34.0. The Morgan fingerprint density at radius 3 is 2.28 bits per heavy atom. The van der Waals surface area contributed by atoms with Gasteiger partial charge in [0.05, 0.1) is 38.1 Å². The highest BCUT2D eigenvalue weighted by Crippen LogP contribution is 2.89. The van der Waals surface area contributed by atoms with Gasteiger partial charge in [0, 0.05) is 58.0 Å². The fourth-order valence-electron chi connectivity index (χ4n) is 14.7. The molecule has 7 unspecified atom stereocenters. The Labute approximate surface area is 319 Å². The molecule has 300 valence electrons. The number of methoxy groups -OCH3 is 1. The molecule has 2 spiro atoms. The van der Waals surface area contributed by atoms with Crippen LogP contribution in [0.15, 0.2) is 0 Å².